The van der Waals surface area contributed by atoms with Crippen molar-refractivity contribution in [2.24, 2.45) is 0 Å². The van der Waals surface area contributed by atoms with Gasteiger partial charge in [0.2, 0.25) is 0 Å². The van der Waals surface area contributed by atoms with Gasteiger partial charge in [0, 0.05) is 0 Å². The molecule has 16 heavy (non-hydrogen) atoms. The van der Waals surface area contributed by atoms with Crippen molar-refractivity contribution in [3.05, 3.63) is 15.6 Å². The summed E-state index contributed by atoms with van der Waals surface area (Å²) in [6, 6.07) is 0. The Morgan fingerprint density at radius 1 is 1.56 bits per heavy atom. The van der Waals surface area contributed by atoms with Crippen LogP contribution in [0.2, 0.25) is 0 Å². The third-order valence-electron chi connectivity index (χ3n) is 1.69. The number of thiazole rings is 1. The van der Waals surface area contributed by atoms with E-state index in [4.69, 9.17) is 0 Å². The van der Waals surface area contributed by atoms with Crippen LogP contribution in [-0.4, -0.2) is 24.2 Å². The largest absolute Gasteiger partial charge is 0.465 e. The lowest BCUT2D eigenvalue weighted by molar-refractivity contribution is -0.128. The molecule has 0 aliphatic rings. The van der Waals surface area contributed by atoms with Gasteiger partial charge in [0.05, 0.1) is 12.8 Å². The quantitative estimate of drug-likeness (QED) is 0.621. The van der Waals surface area contributed by atoms with Crippen LogP contribution in [-0.2, 0) is 4.74 Å². The number of ether oxygens (including phenoxy) is 1. The number of nitrogens with zero attached hydrogens (tertiary/aromatic N) is 1. The number of carbonyl (C=O) groups excluding carboxylic acids is 1. The highest BCUT2D eigenvalue weighted by atomic mass is 79.9. The van der Waals surface area contributed by atoms with Crippen molar-refractivity contribution in [1.82, 2.24) is 4.98 Å². The lowest BCUT2D eigenvalue weighted by Crippen LogP contribution is -2.14. The first-order chi connectivity index (χ1) is 7.27. The van der Waals surface area contributed by atoms with E-state index in [1.165, 1.54) is 6.92 Å². The zero-order chi connectivity index (χ0) is 12.5. The molecule has 1 rings (SSSR count). The van der Waals surface area contributed by atoms with Gasteiger partial charge in [0.15, 0.2) is 4.83 Å². The van der Waals surface area contributed by atoms with Crippen LogP contribution in [0.3, 0.4) is 0 Å². The van der Waals surface area contributed by atoms with E-state index in [0.717, 1.165) is 7.11 Å². The van der Waals surface area contributed by atoms with Crippen molar-refractivity contribution < 1.29 is 22.7 Å². The molecule has 0 aliphatic carbocycles. The molecule has 8 heteroatoms. The molecule has 1 heterocycles. The zero-order valence-corrected chi connectivity index (χ0v) is 10.7. The van der Waals surface area contributed by atoms with E-state index in [0.29, 0.717) is 11.3 Å². The first kappa shape index (κ1) is 13.4. The van der Waals surface area contributed by atoms with Gasteiger partial charge >= 0.3 is 12.1 Å². The fourth-order valence-corrected chi connectivity index (χ4v) is 2.32. The van der Waals surface area contributed by atoms with Gasteiger partial charge in [-0.05, 0) is 6.92 Å². The van der Waals surface area contributed by atoms with Gasteiger partial charge in [-0.15, -0.1) is 11.3 Å². The summed E-state index contributed by atoms with van der Waals surface area (Å²) in [5.41, 5.74) is 0.237. The van der Waals surface area contributed by atoms with Crippen LogP contribution in [0.15, 0.2) is 0 Å². The van der Waals surface area contributed by atoms with E-state index >= 15 is 0 Å². The Morgan fingerprint density at radius 2 is 2.12 bits per heavy atom. The summed E-state index contributed by atoms with van der Waals surface area (Å²) in [5.74, 6) is -0.678. The van der Waals surface area contributed by atoms with Crippen LogP contribution in [0.5, 0.6) is 0 Å². The minimum absolute atomic E-state index is 0.0891. The summed E-state index contributed by atoms with van der Waals surface area (Å²) in [4.78, 5) is 13.1. The molecule has 0 spiro atoms. The molecule has 1 aromatic rings. The number of aryl methyl sites for hydroxylation is 1. The average Bonchev–Trinajstić information content (AvgIpc) is 2.56. The Labute approximate surface area is 102 Å². The molecule has 0 aliphatic heterocycles. The minimum Gasteiger partial charge on any atom is -0.465 e. The van der Waals surface area contributed by atoms with Gasteiger partial charge in [-0.2, -0.15) is 13.2 Å². The summed E-state index contributed by atoms with van der Waals surface area (Å²) < 4.78 is 41.5. The highest BCUT2D eigenvalue weighted by Crippen LogP contribution is 2.41. The Morgan fingerprint density at radius 3 is 2.56 bits per heavy atom. The van der Waals surface area contributed by atoms with Crippen molar-refractivity contribution >= 4 is 33.2 Å². The minimum atomic E-state index is -4.43. The van der Waals surface area contributed by atoms with Gasteiger partial charge in [-0.3, -0.25) is 0 Å². The maximum absolute atomic E-state index is 12.4. The number of carbonyl (C=O) groups is 1. The zero-order valence-electron chi connectivity index (χ0n) is 8.26. The molecule has 3 nitrogen and oxygen atoms in total. The standard InChI is InChI=1S/C8H7BrF3NO2S/c1-3-4(7(14)15-2)16-6(13-3)5(9)8(10,11)12/h5H,1-2H3. The molecule has 0 saturated heterocycles. The van der Waals surface area contributed by atoms with E-state index in [1.807, 2.05) is 0 Å². The van der Waals surface area contributed by atoms with Crippen LogP contribution in [0.4, 0.5) is 13.2 Å². The number of esters is 1. The first-order valence-electron chi connectivity index (χ1n) is 4.03. The second-order valence-electron chi connectivity index (χ2n) is 2.86. The van der Waals surface area contributed by atoms with Crippen LogP contribution < -0.4 is 0 Å². The molecule has 0 aromatic carbocycles. The van der Waals surface area contributed by atoms with E-state index in [1.54, 1.807) is 0 Å². The van der Waals surface area contributed by atoms with Crippen LogP contribution in [0.1, 0.15) is 25.2 Å². The van der Waals surface area contributed by atoms with Crippen LogP contribution in [0.25, 0.3) is 0 Å². The number of hydrogen-bond donors (Lipinski definition) is 0. The molecular weight excluding hydrogens is 311 g/mol. The smallest absolute Gasteiger partial charge is 0.407 e. The highest BCUT2D eigenvalue weighted by molar-refractivity contribution is 9.09. The summed E-state index contributed by atoms with van der Waals surface area (Å²) in [6.07, 6.45) is -4.43. The van der Waals surface area contributed by atoms with Gasteiger partial charge < -0.3 is 4.74 Å². The predicted octanol–water partition coefficient (Wildman–Crippen LogP) is 3.24. The van der Waals surface area contributed by atoms with E-state index < -0.39 is 17.0 Å². The van der Waals surface area contributed by atoms with E-state index in [-0.39, 0.29) is 15.6 Å². The van der Waals surface area contributed by atoms with Gasteiger partial charge in [0.1, 0.15) is 9.88 Å². The maximum Gasteiger partial charge on any atom is 0.407 e. The molecule has 0 N–H and O–H groups in total. The molecule has 90 valence electrons. The Hall–Kier alpha value is -0.630. The SMILES string of the molecule is COC(=O)c1sc(C(Br)C(F)(F)F)nc1C. The van der Waals surface area contributed by atoms with Crippen LogP contribution in [0, 0.1) is 6.92 Å². The van der Waals surface area contributed by atoms with Crippen molar-refractivity contribution in [1.29, 1.82) is 0 Å². The van der Waals surface area contributed by atoms with Crippen LogP contribution >= 0.6 is 27.3 Å². The Bertz CT molecular complexity index is 404. The molecule has 0 radical (unpaired) electrons. The normalized spacial score (nSPS) is 13.6. The van der Waals surface area contributed by atoms with Gasteiger partial charge in [0.25, 0.3) is 0 Å². The second-order valence-corrected chi connectivity index (χ2v) is 4.81. The number of aromatic nitrogens is 1. The maximum atomic E-state index is 12.4. The Balaban J connectivity index is 3.06. The Kier molecular flexibility index (Phi) is 3.95. The number of alkyl halides is 4. The lowest BCUT2D eigenvalue weighted by atomic mass is 10.4. The monoisotopic (exact) mass is 317 g/mol. The third kappa shape index (κ3) is 2.73. The van der Waals surface area contributed by atoms with E-state index in [9.17, 15) is 18.0 Å². The summed E-state index contributed by atoms with van der Waals surface area (Å²) in [6.45, 7) is 1.46. The fourth-order valence-electron chi connectivity index (χ4n) is 0.948. The second kappa shape index (κ2) is 4.70. The third-order valence-corrected chi connectivity index (χ3v) is 4.15. The topological polar surface area (TPSA) is 39.2 Å². The average molecular weight is 318 g/mol. The molecular formula is C8H7BrF3NO2S. The number of hydrogen-bond acceptors (Lipinski definition) is 4. The van der Waals surface area contributed by atoms with Crippen molar-refractivity contribution in [2.75, 3.05) is 7.11 Å². The van der Waals surface area contributed by atoms with E-state index in [2.05, 4.69) is 25.7 Å². The predicted molar refractivity (Wildman–Crippen MR) is 55.9 cm³/mol. The first-order valence-corrected chi connectivity index (χ1v) is 5.77. The molecule has 1 aromatic heterocycles. The van der Waals surface area contributed by atoms with Gasteiger partial charge in [-0.1, -0.05) is 15.9 Å². The fraction of sp³-hybridized carbons (Fsp3) is 0.500. The molecule has 0 amide bonds. The molecule has 0 bridgehead atoms. The molecule has 0 fully saturated rings. The number of methoxy groups -OCH3 is 1. The number of halogens is 4. The summed E-state index contributed by atoms with van der Waals surface area (Å²) in [7, 11) is 1.16. The van der Waals surface area contributed by atoms with Crippen molar-refractivity contribution in [3.8, 4) is 0 Å². The molecule has 0 saturated carbocycles. The molecule has 1 atom stereocenters. The van der Waals surface area contributed by atoms with Crippen molar-refractivity contribution in [3.63, 3.8) is 0 Å². The van der Waals surface area contributed by atoms with Gasteiger partial charge in [-0.25, -0.2) is 9.78 Å². The lowest BCUT2D eigenvalue weighted by Gasteiger charge is -2.10. The van der Waals surface area contributed by atoms with Crippen molar-refractivity contribution in [2.45, 2.75) is 17.9 Å². The number of rotatable bonds is 2. The highest BCUT2D eigenvalue weighted by Gasteiger charge is 2.41. The summed E-state index contributed by atoms with van der Waals surface area (Å²) in [5, 5.41) is -0.203. The summed E-state index contributed by atoms with van der Waals surface area (Å²) >= 11 is 3.17. The molecule has 1 unspecified atom stereocenters.